The van der Waals surface area contributed by atoms with Crippen LogP contribution >= 0.6 is 0 Å². The number of benzene rings is 3. The van der Waals surface area contributed by atoms with Crippen LogP contribution < -0.4 is 4.74 Å². The van der Waals surface area contributed by atoms with Crippen LogP contribution in [0.1, 0.15) is 36.0 Å². The van der Waals surface area contributed by atoms with Crippen molar-refractivity contribution in [3.05, 3.63) is 72.3 Å². The van der Waals surface area contributed by atoms with Crippen molar-refractivity contribution in [1.29, 1.82) is 0 Å². The molecule has 0 spiro atoms. The fourth-order valence-corrected chi connectivity index (χ4v) is 4.38. The van der Waals surface area contributed by atoms with Gasteiger partial charge in [-0.05, 0) is 67.4 Å². The first-order chi connectivity index (χ1) is 15.3. The lowest BCUT2D eigenvalue weighted by molar-refractivity contribution is 0.0948. The lowest BCUT2D eigenvalue weighted by Gasteiger charge is -2.26. The molecule has 0 bridgehead atoms. The molecule has 3 aromatic carbocycles. The highest BCUT2D eigenvalue weighted by atomic mass is 16.5. The second kappa shape index (κ2) is 8.90. The highest BCUT2D eigenvalue weighted by Crippen LogP contribution is 2.26. The van der Waals surface area contributed by atoms with Crippen molar-refractivity contribution in [2.24, 2.45) is 0 Å². The molecule has 31 heavy (non-hydrogen) atoms. The van der Waals surface area contributed by atoms with Gasteiger partial charge in [0.1, 0.15) is 0 Å². The van der Waals surface area contributed by atoms with Crippen molar-refractivity contribution in [1.82, 2.24) is 14.7 Å². The van der Waals surface area contributed by atoms with Crippen molar-refractivity contribution >= 4 is 27.6 Å². The van der Waals surface area contributed by atoms with Crippen molar-refractivity contribution < 1.29 is 9.53 Å². The van der Waals surface area contributed by atoms with Gasteiger partial charge >= 0.3 is 0 Å². The zero-order valence-corrected chi connectivity index (χ0v) is 17.7. The van der Waals surface area contributed by atoms with Crippen molar-refractivity contribution in [3.63, 3.8) is 0 Å². The first kappa shape index (κ1) is 19.8. The number of piperidine rings is 1. The number of rotatable bonds is 6. The summed E-state index contributed by atoms with van der Waals surface area (Å²) < 4.78 is 7.51. The average molecular weight is 414 g/mol. The van der Waals surface area contributed by atoms with Crippen LogP contribution in [0.15, 0.2) is 66.7 Å². The van der Waals surface area contributed by atoms with E-state index in [0.717, 1.165) is 34.6 Å². The van der Waals surface area contributed by atoms with Gasteiger partial charge in [0.2, 0.25) is 5.88 Å². The zero-order valence-electron chi connectivity index (χ0n) is 17.7. The van der Waals surface area contributed by atoms with Gasteiger partial charge in [-0.1, -0.05) is 48.9 Å². The molecule has 4 aromatic rings. The number of hydrogen-bond donors (Lipinski definition) is 0. The molecule has 0 aliphatic carbocycles. The van der Waals surface area contributed by atoms with Crippen molar-refractivity contribution in [2.75, 3.05) is 26.2 Å². The number of fused-ring (bicyclic) bond motifs is 2. The van der Waals surface area contributed by atoms with E-state index in [4.69, 9.17) is 4.74 Å². The smallest absolute Gasteiger partial charge is 0.278 e. The van der Waals surface area contributed by atoms with E-state index < -0.39 is 0 Å². The molecule has 0 unspecified atom stereocenters. The molecule has 5 rings (SSSR count). The summed E-state index contributed by atoms with van der Waals surface area (Å²) in [5.74, 6) is 0.383. The van der Waals surface area contributed by atoms with E-state index in [0.29, 0.717) is 18.1 Å². The van der Waals surface area contributed by atoms with Crippen LogP contribution in [0, 0.1) is 0 Å². The molecule has 1 fully saturated rings. The van der Waals surface area contributed by atoms with Crippen LogP contribution in [0.25, 0.3) is 21.7 Å². The number of carbonyl (C=O) groups is 1. The predicted molar refractivity (Wildman–Crippen MR) is 124 cm³/mol. The third kappa shape index (κ3) is 4.19. The summed E-state index contributed by atoms with van der Waals surface area (Å²) >= 11 is 0. The lowest BCUT2D eigenvalue weighted by atomic mass is 10.1. The van der Waals surface area contributed by atoms with E-state index >= 15 is 0 Å². The maximum absolute atomic E-state index is 13.3. The molecular formula is C26H27N3O2. The Bertz CT molecular complexity index is 1210. The third-order valence-electron chi connectivity index (χ3n) is 6.05. The summed E-state index contributed by atoms with van der Waals surface area (Å²) in [5, 5.41) is 7.59. The molecule has 5 heteroatoms. The maximum atomic E-state index is 13.3. The monoisotopic (exact) mass is 413 g/mol. The number of ether oxygens (including phenoxy) is 1. The Kier molecular flexibility index (Phi) is 5.67. The van der Waals surface area contributed by atoms with Gasteiger partial charge in [-0.2, -0.15) is 4.68 Å². The molecule has 0 amide bonds. The van der Waals surface area contributed by atoms with Gasteiger partial charge in [-0.3, -0.25) is 4.79 Å². The Morgan fingerprint density at radius 3 is 2.55 bits per heavy atom. The van der Waals surface area contributed by atoms with E-state index in [2.05, 4.69) is 10.00 Å². The highest BCUT2D eigenvalue weighted by Gasteiger charge is 2.18. The minimum atomic E-state index is -0.148. The van der Waals surface area contributed by atoms with E-state index in [-0.39, 0.29) is 5.91 Å². The lowest BCUT2D eigenvalue weighted by Crippen LogP contribution is -2.31. The number of hydrogen-bond acceptors (Lipinski definition) is 4. The SMILES string of the molecule is O=C(c1ccc2ccccc2c1)n1nc(OCCCN2CCCCC2)c2ccccc21. The quantitative estimate of drug-likeness (QED) is 0.411. The highest BCUT2D eigenvalue weighted by molar-refractivity contribution is 6.04. The third-order valence-corrected chi connectivity index (χ3v) is 6.05. The van der Waals surface area contributed by atoms with Crippen LogP contribution in [0.4, 0.5) is 0 Å². The second-order valence-corrected chi connectivity index (χ2v) is 8.21. The molecule has 158 valence electrons. The van der Waals surface area contributed by atoms with E-state index in [1.807, 2.05) is 66.7 Å². The van der Waals surface area contributed by atoms with Crippen LogP contribution in [-0.4, -0.2) is 46.8 Å². The summed E-state index contributed by atoms with van der Waals surface area (Å²) in [4.78, 5) is 15.8. The van der Waals surface area contributed by atoms with E-state index in [1.165, 1.54) is 37.0 Å². The Balaban J connectivity index is 1.35. The van der Waals surface area contributed by atoms with Gasteiger partial charge in [0.15, 0.2) is 0 Å². The molecule has 0 N–H and O–H groups in total. The fourth-order valence-electron chi connectivity index (χ4n) is 4.38. The normalized spacial score (nSPS) is 14.8. The van der Waals surface area contributed by atoms with Gasteiger partial charge in [0.05, 0.1) is 17.5 Å². The fraction of sp³-hybridized carbons (Fsp3) is 0.308. The summed E-state index contributed by atoms with van der Waals surface area (Å²) in [6.07, 6.45) is 4.90. The molecule has 1 aromatic heterocycles. The zero-order chi connectivity index (χ0) is 21.0. The first-order valence-corrected chi connectivity index (χ1v) is 11.2. The van der Waals surface area contributed by atoms with Gasteiger partial charge in [-0.25, -0.2) is 0 Å². The Morgan fingerprint density at radius 1 is 0.903 bits per heavy atom. The minimum Gasteiger partial charge on any atom is -0.476 e. The van der Waals surface area contributed by atoms with Crippen molar-refractivity contribution in [2.45, 2.75) is 25.7 Å². The number of carbonyl (C=O) groups excluding carboxylic acids is 1. The Hall–Kier alpha value is -3.18. The topological polar surface area (TPSA) is 47.4 Å². The first-order valence-electron chi connectivity index (χ1n) is 11.2. The van der Waals surface area contributed by atoms with E-state index in [1.54, 1.807) is 0 Å². The molecule has 1 saturated heterocycles. The molecule has 0 radical (unpaired) electrons. The largest absolute Gasteiger partial charge is 0.476 e. The van der Waals surface area contributed by atoms with Crippen LogP contribution in [0.2, 0.25) is 0 Å². The molecular weight excluding hydrogens is 386 g/mol. The minimum absolute atomic E-state index is 0.148. The van der Waals surface area contributed by atoms with Gasteiger partial charge in [0, 0.05) is 12.1 Å². The average Bonchev–Trinajstić information content (AvgIpc) is 3.20. The molecule has 5 nitrogen and oxygen atoms in total. The number of nitrogens with zero attached hydrogens (tertiary/aromatic N) is 3. The number of aromatic nitrogens is 2. The van der Waals surface area contributed by atoms with E-state index in [9.17, 15) is 4.79 Å². The predicted octanol–water partition coefficient (Wildman–Crippen LogP) is 5.13. The Morgan fingerprint density at radius 2 is 1.68 bits per heavy atom. The molecule has 1 aliphatic heterocycles. The van der Waals surface area contributed by atoms with Crippen LogP contribution in [0.3, 0.4) is 0 Å². The number of likely N-dealkylation sites (tertiary alicyclic amines) is 1. The maximum Gasteiger partial charge on any atom is 0.278 e. The Labute approximate surface area is 182 Å². The molecule has 0 saturated carbocycles. The van der Waals surface area contributed by atoms with Gasteiger partial charge < -0.3 is 9.64 Å². The summed E-state index contributed by atoms with van der Waals surface area (Å²) in [5.41, 5.74) is 1.38. The standard InChI is InChI=1S/C26H27N3O2/c30-26(22-14-13-20-9-2-3-10-21(20)19-22)29-24-12-5-4-11-23(24)25(27-29)31-18-8-17-28-15-6-1-7-16-28/h2-5,9-14,19H,1,6-8,15-18H2. The van der Waals surface area contributed by atoms with Crippen LogP contribution in [0.5, 0.6) is 5.88 Å². The van der Waals surface area contributed by atoms with Gasteiger partial charge in [0.25, 0.3) is 5.91 Å². The molecule has 0 atom stereocenters. The van der Waals surface area contributed by atoms with Crippen molar-refractivity contribution in [3.8, 4) is 5.88 Å². The summed E-state index contributed by atoms with van der Waals surface area (Å²) in [6.45, 7) is 4.03. The molecule has 1 aliphatic rings. The van der Waals surface area contributed by atoms with Crippen LogP contribution in [-0.2, 0) is 0 Å². The number of para-hydroxylation sites is 1. The summed E-state index contributed by atoms with van der Waals surface area (Å²) in [7, 11) is 0. The second-order valence-electron chi connectivity index (χ2n) is 8.21. The van der Waals surface area contributed by atoms with Gasteiger partial charge in [-0.15, -0.1) is 5.10 Å². The summed E-state index contributed by atoms with van der Waals surface area (Å²) in [6, 6.07) is 21.6. The molecule has 2 heterocycles.